The van der Waals surface area contributed by atoms with E-state index in [0.29, 0.717) is 0 Å². The van der Waals surface area contributed by atoms with Gasteiger partial charge in [0.05, 0.1) is 13.2 Å². The first-order valence-corrected chi connectivity index (χ1v) is 7.83. The Bertz CT molecular complexity index is 640. The number of ether oxygens (including phenoxy) is 2. The van der Waals surface area contributed by atoms with Crippen LogP contribution in [0.5, 0.6) is 0 Å². The number of hydrogen-bond donors (Lipinski definition) is 0. The van der Waals surface area contributed by atoms with Crippen molar-refractivity contribution in [1.29, 1.82) is 0 Å². The van der Waals surface area contributed by atoms with Crippen LogP contribution in [0.1, 0.15) is 32.3 Å². The predicted octanol–water partition coefficient (Wildman–Crippen LogP) is 3.27. The predicted molar refractivity (Wildman–Crippen MR) is 92.0 cm³/mol. The third-order valence-electron chi connectivity index (χ3n) is 3.32. The van der Waals surface area contributed by atoms with Crippen LogP contribution in [-0.2, 0) is 19.1 Å². The van der Waals surface area contributed by atoms with Gasteiger partial charge in [0.1, 0.15) is 0 Å². The highest BCUT2D eigenvalue weighted by Crippen LogP contribution is 2.31. The lowest BCUT2D eigenvalue weighted by molar-refractivity contribution is -0.171. The van der Waals surface area contributed by atoms with Gasteiger partial charge in [0.15, 0.2) is 5.41 Å². The lowest BCUT2D eigenvalue weighted by Gasteiger charge is -2.25. The highest BCUT2D eigenvalue weighted by molar-refractivity contribution is 6.00. The summed E-state index contributed by atoms with van der Waals surface area (Å²) in [5.41, 5.74) is 1.89. The van der Waals surface area contributed by atoms with Gasteiger partial charge in [-0.25, -0.2) is 0 Å². The molecule has 1 rings (SSSR count). The summed E-state index contributed by atoms with van der Waals surface area (Å²) in [6.45, 7) is 7.20. The van der Waals surface area contributed by atoms with E-state index in [1.165, 1.54) is 6.08 Å². The molecular formula is C20H22O4. The molecule has 0 amide bonds. The summed E-state index contributed by atoms with van der Waals surface area (Å²) >= 11 is 0. The van der Waals surface area contributed by atoms with Gasteiger partial charge >= 0.3 is 11.9 Å². The van der Waals surface area contributed by atoms with E-state index < -0.39 is 17.4 Å². The molecule has 126 valence electrons. The lowest BCUT2D eigenvalue weighted by atomic mass is 9.81. The van der Waals surface area contributed by atoms with Gasteiger partial charge in [-0.2, -0.15) is 0 Å². The molecule has 0 aliphatic heterocycles. The van der Waals surface area contributed by atoms with E-state index in [1.54, 1.807) is 13.8 Å². The Kier molecular flexibility index (Phi) is 8.11. The Morgan fingerprint density at radius 2 is 1.71 bits per heavy atom. The number of carbonyl (C=O) groups excluding carboxylic acids is 2. The summed E-state index contributed by atoms with van der Waals surface area (Å²) in [5.74, 6) is 4.58. The van der Waals surface area contributed by atoms with Gasteiger partial charge in [-0.3, -0.25) is 9.59 Å². The topological polar surface area (TPSA) is 52.6 Å². The summed E-state index contributed by atoms with van der Waals surface area (Å²) in [5, 5.41) is 0. The molecule has 0 aliphatic rings. The highest BCUT2D eigenvalue weighted by Gasteiger charge is 2.47. The Morgan fingerprint density at radius 1 is 1.12 bits per heavy atom. The van der Waals surface area contributed by atoms with Crippen LogP contribution in [0.2, 0.25) is 0 Å². The van der Waals surface area contributed by atoms with Crippen LogP contribution in [0, 0.1) is 17.3 Å². The average Bonchev–Trinajstić information content (AvgIpc) is 2.59. The van der Waals surface area contributed by atoms with Crippen LogP contribution in [0.25, 0.3) is 0 Å². The molecule has 0 saturated carbocycles. The molecule has 0 saturated heterocycles. The molecule has 0 heterocycles. The van der Waals surface area contributed by atoms with E-state index >= 15 is 0 Å². The van der Waals surface area contributed by atoms with E-state index in [2.05, 4.69) is 24.2 Å². The average molecular weight is 326 g/mol. The van der Waals surface area contributed by atoms with Crippen LogP contribution in [0.3, 0.4) is 0 Å². The normalized spacial score (nSPS) is 9.92. The Hall–Kier alpha value is -2.76. The van der Waals surface area contributed by atoms with Crippen LogP contribution < -0.4 is 0 Å². The summed E-state index contributed by atoms with van der Waals surface area (Å²) in [6, 6.07) is 9.34. The highest BCUT2D eigenvalue weighted by atomic mass is 16.6. The van der Waals surface area contributed by atoms with Crippen molar-refractivity contribution >= 4 is 11.9 Å². The maximum absolute atomic E-state index is 12.5. The standard InChI is InChI=1S/C20H22O4/c1-4-7-15-20(18(21)23-5-2,19(22)24-6-3)16-11-14-17-12-9-8-10-13-17/h7-10,12-13H,1,5-6,15-16H2,2-3H3. The van der Waals surface area contributed by atoms with Crippen LogP contribution in [-0.4, -0.2) is 25.2 Å². The minimum atomic E-state index is -1.50. The van der Waals surface area contributed by atoms with Gasteiger partial charge in [0.2, 0.25) is 0 Å². The zero-order chi connectivity index (χ0) is 17.8. The third kappa shape index (κ3) is 5.15. The number of allylic oxidation sites excluding steroid dienone is 1. The smallest absolute Gasteiger partial charge is 0.324 e. The van der Waals surface area contributed by atoms with Gasteiger partial charge in [-0.05, 0) is 32.1 Å². The zero-order valence-corrected chi connectivity index (χ0v) is 14.1. The summed E-state index contributed by atoms with van der Waals surface area (Å²) < 4.78 is 10.2. The van der Waals surface area contributed by atoms with E-state index in [9.17, 15) is 9.59 Å². The molecule has 24 heavy (non-hydrogen) atoms. The second-order valence-corrected chi connectivity index (χ2v) is 4.98. The first kappa shape index (κ1) is 19.3. The van der Waals surface area contributed by atoms with E-state index in [1.807, 2.05) is 30.3 Å². The molecular weight excluding hydrogens is 304 g/mol. The largest absolute Gasteiger partial charge is 0.465 e. The van der Waals surface area contributed by atoms with Crippen molar-refractivity contribution in [1.82, 2.24) is 0 Å². The summed E-state index contributed by atoms with van der Waals surface area (Å²) in [6.07, 6.45) is 1.60. The van der Waals surface area contributed by atoms with Crippen molar-refractivity contribution in [2.24, 2.45) is 5.41 Å². The second kappa shape index (κ2) is 10.1. The maximum Gasteiger partial charge on any atom is 0.324 e. The van der Waals surface area contributed by atoms with E-state index in [-0.39, 0.29) is 26.1 Å². The van der Waals surface area contributed by atoms with E-state index in [4.69, 9.17) is 9.47 Å². The van der Waals surface area contributed by atoms with Crippen molar-refractivity contribution in [3.63, 3.8) is 0 Å². The molecule has 0 bridgehead atoms. The van der Waals surface area contributed by atoms with Gasteiger partial charge in [-0.1, -0.05) is 36.6 Å². The van der Waals surface area contributed by atoms with E-state index in [0.717, 1.165) is 5.56 Å². The monoisotopic (exact) mass is 326 g/mol. The molecule has 4 heteroatoms. The molecule has 4 nitrogen and oxygen atoms in total. The maximum atomic E-state index is 12.5. The molecule has 0 atom stereocenters. The summed E-state index contributed by atoms with van der Waals surface area (Å²) in [7, 11) is 0. The van der Waals surface area contributed by atoms with Gasteiger partial charge in [0.25, 0.3) is 0 Å². The Labute approximate surface area is 143 Å². The fourth-order valence-corrected chi connectivity index (χ4v) is 2.07. The van der Waals surface area contributed by atoms with Gasteiger partial charge in [0, 0.05) is 18.4 Å². The fraction of sp³-hybridized carbons (Fsp3) is 0.350. The molecule has 0 unspecified atom stereocenters. The quantitative estimate of drug-likeness (QED) is 0.334. The molecule has 1 aromatic rings. The summed E-state index contributed by atoms with van der Waals surface area (Å²) in [4.78, 5) is 24.9. The van der Waals surface area contributed by atoms with Crippen molar-refractivity contribution in [3.8, 4) is 11.8 Å². The molecule has 0 aromatic heterocycles. The van der Waals surface area contributed by atoms with Crippen LogP contribution in [0.15, 0.2) is 48.7 Å². The molecule has 0 spiro atoms. The first-order valence-electron chi connectivity index (χ1n) is 7.83. The van der Waals surface area contributed by atoms with Gasteiger partial charge in [-0.15, -0.1) is 5.73 Å². The minimum absolute atomic E-state index is 0.00224. The second-order valence-electron chi connectivity index (χ2n) is 4.98. The molecule has 0 fully saturated rings. The molecule has 0 N–H and O–H groups in total. The lowest BCUT2D eigenvalue weighted by Crippen LogP contribution is -2.41. The van der Waals surface area contributed by atoms with Gasteiger partial charge < -0.3 is 9.47 Å². The number of esters is 2. The first-order chi connectivity index (χ1) is 11.6. The fourth-order valence-electron chi connectivity index (χ4n) is 2.07. The third-order valence-corrected chi connectivity index (χ3v) is 3.32. The number of hydrogen-bond acceptors (Lipinski definition) is 4. The van der Waals surface area contributed by atoms with Crippen molar-refractivity contribution in [3.05, 3.63) is 54.3 Å². The van der Waals surface area contributed by atoms with Crippen LogP contribution >= 0.6 is 0 Å². The van der Waals surface area contributed by atoms with Crippen molar-refractivity contribution in [2.75, 3.05) is 13.2 Å². The number of carbonyl (C=O) groups is 2. The molecule has 1 aromatic carbocycles. The minimum Gasteiger partial charge on any atom is -0.465 e. The molecule has 0 radical (unpaired) electrons. The number of rotatable bonds is 7. The number of benzene rings is 1. The molecule has 0 aliphatic carbocycles. The van der Waals surface area contributed by atoms with Crippen molar-refractivity contribution in [2.45, 2.75) is 26.7 Å². The Balaban J connectivity index is 3.17. The SMILES string of the molecule is C=C=CCC(CC#Cc1ccccc1)(C(=O)OCC)C(=O)OCC. The zero-order valence-electron chi connectivity index (χ0n) is 14.1. The van der Waals surface area contributed by atoms with Crippen molar-refractivity contribution < 1.29 is 19.1 Å². The Morgan fingerprint density at radius 3 is 2.21 bits per heavy atom. The van der Waals surface area contributed by atoms with Crippen LogP contribution in [0.4, 0.5) is 0 Å².